The quantitative estimate of drug-likeness (QED) is 0.485. The molecule has 0 atom stereocenters. The number of hydrogen-bond donors (Lipinski definition) is 0. The zero-order valence-corrected chi connectivity index (χ0v) is 10.5. The van der Waals surface area contributed by atoms with E-state index in [4.69, 9.17) is 4.74 Å². The number of halogens is 1. The van der Waals surface area contributed by atoms with Crippen LogP contribution in [0.3, 0.4) is 0 Å². The first kappa shape index (κ1) is 13.7. The van der Waals surface area contributed by atoms with E-state index >= 15 is 0 Å². The molecule has 0 aliphatic heterocycles. The van der Waals surface area contributed by atoms with E-state index in [1.807, 2.05) is 0 Å². The molecule has 5 nitrogen and oxygen atoms in total. The van der Waals surface area contributed by atoms with E-state index in [9.17, 15) is 19.3 Å². The van der Waals surface area contributed by atoms with Crippen LogP contribution < -0.4 is 4.74 Å². The SMILES string of the molecule is Cc1ccc(C=O)cc1Oc1c(F)cccc1[N+](=O)[O-]. The lowest BCUT2D eigenvalue weighted by Gasteiger charge is -2.10. The summed E-state index contributed by atoms with van der Waals surface area (Å²) in [6.07, 6.45) is 0.613. The van der Waals surface area contributed by atoms with Gasteiger partial charge in [0.1, 0.15) is 12.0 Å². The van der Waals surface area contributed by atoms with Gasteiger partial charge in [0.05, 0.1) is 4.92 Å². The van der Waals surface area contributed by atoms with E-state index in [1.165, 1.54) is 12.1 Å². The predicted molar refractivity (Wildman–Crippen MR) is 69.7 cm³/mol. The summed E-state index contributed by atoms with van der Waals surface area (Å²) in [5.41, 5.74) is 0.499. The third-order valence-corrected chi connectivity index (χ3v) is 2.70. The molecule has 6 heteroatoms. The highest BCUT2D eigenvalue weighted by Crippen LogP contribution is 2.35. The fourth-order valence-corrected chi connectivity index (χ4v) is 1.65. The molecule has 0 spiro atoms. The molecule has 102 valence electrons. The van der Waals surface area contributed by atoms with Crippen molar-refractivity contribution in [1.82, 2.24) is 0 Å². The smallest absolute Gasteiger partial charge is 0.314 e. The Morgan fingerprint density at radius 3 is 2.70 bits per heavy atom. The molecule has 0 aromatic heterocycles. The minimum Gasteiger partial charge on any atom is -0.447 e. The number of aldehydes is 1. The first-order chi connectivity index (χ1) is 9.52. The minimum absolute atomic E-state index is 0.197. The molecule has 0 saturated carbocycles. The van der Waals surface area contributed by atoms with Crippen molar-refractivity contribution in [2.45, 2.75) is 6.92 Å². The molecule has 0 bridgehead atoms. The van der Waals surface area contributed by atoms with Gasteiger partial charge in [0.2, 0.25) is 5.75 Å². The van der Waals surface area contributed by atoms with Gasteiger partial charge in [-0.2, -0.15) is 0 Å². The van der Waals surface area contributed by atoms with Crippen LogP contribution >= 0.6 is 0 Å². The van der Waals surface area contributed by atoms with Gasteiger partial charge in [0.15, 0.2) is 5.82 Å². The zero-order valence-electron chi connectivity index (χ0n) is 10.5. The van der Waals surface area contributed by atoms with E-state index < -0.39 is 22.2 Å². The highest BCUT2D eigenvalue weighted by molar-refractivity contribution is 5.76. The number of hydrogen-bond acceptors (Lipinski definition) is 4. The third-order valence-electron chi connectivity index (χ3n) is 2.70. The molecule has 0 radical (unpaired) electrons. The van der Waals surface area contributed by atoms with E-state index in [-0.39, 0.29) is 5.75 Å². The number of ether oxygens (including phenoxy) is 1. The van der Waals surface area contributed by atoms with E-state index in [0.29, 0.717) is 17.4 Å². The van der Waals surface area contributed by atoms with Crippen LogP contribution in [-0.4, -0.2) is 11.2 Å². The molecule has 0 heterocycles. The number of nitro benzene ring substituents is 1. The van der Waals surface area contributed by atoms with Crippen molar-refractivity contribution in [3.05, 3.63) is 63.5 Å². The Labute approximate surface area is 113 Å². The van der Waals surface area contributed by atoms with Crippen LogP contribution in [0.5, 0.6) is 11.5 Å². The molecule has 0 amide bonds. The molecule has 2 aromatic carbocycles. The molecular weight excluding hydrogens is 265 g/mol. The summed E-state index contributed by atoms with van der Waals surface area (Å²) < 4.78 is 19.0. The lowest BCUT2D eigenvalue weighted by molar-refractivity contribution is -0.385. The monoisotopic (exact) mass is 275 g/mol. The highest BCUT2D eigenvalue weighted by Gasteiger charge is 2.20. The van der Waals surface area contributed by atoms with E-state index in [2.05, 4.69) is 0 Å². The molecule has 20 heavy (non-hydrogen) atoms. The Morgan fingerprint density at radius 1 is 1.30 bits per heavy atom. The number of nitro groups is 1. The van der Waals surface area contributed by atoms with Gasteiger partial charge >= 0.3 is 5.69 Å². The Balaban J connectivity index is 2.49. The van der Waals surface area contributed by atoms with E-state index in [1.54, 1.807) is 19.1 Å². The Bertz CT molecular complexity index is 685. The maximum Gasteiger partial charge on any atom is 0.314 e. The summed E-state index contributed by atoms with van der Waals surface area (Å²) in [4.78, 5) is 20.9. The van der Waals surface area contributed by atoms with Crippen molar-refractivity contribution >= 4 is 12.0 Å². The van der Waals surface area contributed by atoms with Crippen molar-refractivity contribution in [2.75, 3.05) is 0 Å². The molecule has 0 fully saturated rings. The summed E-state index contributed by atoms with van der Waals surface area (Å²) in [5.74, 6) is -1.11. The molecular formula is C14H10FNO4. The third kappa shape index (κ3) is 2.64. The first-order valence-electron chi connectivity index (χ1n) is 5.69. The fourth-order valence-electron chi connectivity index (χ4n) is 1.65. The normalized spacial score (nSPS) is 10.1. The van der Waals surface area contributed by atoms with Crippen LogP contribution in [0, 0.1) is 22.9 Å². The largest absolute Gasteiger partial charge is 0.447 e. The maximum atomic E-state index is 13.7. The predicted octanol–water partition coefficient (Wildman–Crippen LogP) is 3.65. The number of benzene rings is 2. The minimum atomic E-state index is -0.838. The second kappa shape index (κ2) is 5.48. The molecule has 0 N–H and O–H groups in total. The number of aryl methyl sites for hydroxylation is 1. The van der Waals surface area contributed by atoms with Gasteiger partial charge in [0.25, 0.3) is 0 Å². The van der Waals surface area contributed by atoms with Crippen LogP contribution in [0.4, 0.5) is 10.1 Å². The maximum absolute atomic E-state index is 13.7. The number of nitrogens with zero attached hydrogens (tertiary/aromatic N) is 1. The van der Waals surface area contributed by atoms with Crippen LogP contribution in [0.1, 0.15) is 15.9 Å². The molecule has 0 unspecified atom stereocenters. The molecule has 2 rings (SSSR count). The summed E-state index contributed by atoms with van der Waals surface area (Å²) >= 11 is 0. The highest BCUT2D eigenvalue weighted by atomic mass is 19.1. The lowest BCUT2D eigenvalue weighted by Crippen LogP contribution is -1.97. The average Bonchev–Trinajstić information content (AvgIpc) is 2.43. The van der Waals surface area contributed by atoms with Crippen molar-refractivity contribution in [2.24, 2.45) is 0 Å². The van der Waals surface area contributed by atoms with Gasteiger partial charge < -0.3 is 4.74 Å². The van der Waals surface area contributed by atoms with Gasteiger partial charge in [-0.1, -0.05) is 18.2 Å². The molecule has 0 aliphatic carbocycles. The number of carbonyl (C=O) groups excluding carboxylic acids is 1. The van der Waals surface area contributed by atoms with Gasteiger partial charge in [-0.3, -0.25) is 14.9 Å². The summed E-state index contributed by atoms with van der Waals surface area (Å²) in [6, 6.07) is 8.04. The lowest BCUT2D eigenvalue weighted by atomic mass is 10.1. The molecule has 0 aliphatic rings. The van der Waals surface area contributed by atoms with Crippen LogP contribution in [-0.2, 0) is 0 Å². The average molecular weight is 275 g/mol. The fraction of sp³-hybridized carbons (Fsp3) is 0.0714. The van der Waals surface area contributed by atoms with Crippen molar-refractivity contribution < 1.29 is 18.8 Å². The second-order valence-electron chi connectivity index (χ2n) is 4.09. The Kier molecular flexibility index (Phi) is 3.74. The molecule has 2 aromatic rings. The van der Waals surface area contributed by atoms with Crippen LogP contribution in [0.2, 0.25) is 0 Å². The van der Waals surface area contributed by atoms with Crippen molar-refractivity contribution in [3.63, 3.8) is 0 Å². The summed E-state index contributed by atoms with van der Waals surface area (Å²) in [6.45, 7) is 1.69. The van der Waals surface area contributed by atoms with Crippen LogP contribution in [0.15, 0.2) is 36.4 Å². The Hall–Kier alpha value is -2.76. The Morgan fingerprint density at radius 2 is 2.05 bits per heavy atom. The van der Waals surface area contributed by atoms with E-state index in [0.717, 1.165) is 12.1 Å². The topological polar surface area (TPSA) is 69.4 Å². The second-order valence-corrected chi connectivity index (χ2v) is 4.09. The standard InChI is InChI=1S/C14H10FNO4/c1-9-5-6-10(8-17)7-13(9)20-14-11(15)3-2-4-12(14)16(18)19/h2-8H,1H3. The van der Waals surface area contributed by atoms with Crippen molar-refractivity contribution in [1.29, 1.82) is 0 Å². The van der Waals surface area contributed by atoms with Crippen LogP contribution in [0.25, 0.3) is 0 Å². The summed E-state index contributed by atoms with van der Waals surface area (Å²) in [5, 5.41) is 10.9. The van der Waals surface area contributed by atoms with Gasteiger partial charge in [-0.05, 0) is 24.6 Å². The molecule has 0 saturated heterocycles. The number of rotatable bonds is 4. The zero-order chi connectivity index (χ0) is 14.7. The van der Waals surface area contributed by atoms with Gasteiger partial charge in [-0.25, -0.2) is 4.39 Å². The number of para-hydroxylation sites is 1. The summed E-state index contributed by atoms with van der Waals surface area (Å²) in [7, 11) is 0. The number of carbonyl (C=O) groups is 1. The van der Waals surface area contributed by atoms with Crippen molar-refractivity contribution in [3.8, 4) is 11.5 Å². The van der Waals surface area contributed by atoms with Gasteiger partial charge in [0, 0.05) is 11.6 Å². The van der Waals surface area contributed by atoms with Gasteiger partial charge in [-0.15, -0.1) is 0 Å². The first-order valence-corrected chi connectivity index (χ1v) is 5.69.